The molecule has 0 unspecified atom stereocenters. The van der Waals surface area contributed by atoms with E-state index < -0.39 is 0 Å². The van der Waals surface area contributed by atoms with Crippen molar-refractivity contribution in [3.05, 3.63) is 48.1 Å². The summed E-state index contributed by atoms with van der Waals surface area (Å²) < 4.78 is 3.93. The van der Waals surface area contributed by atoms with Crippen LogP contribution in [0.25, 0.3) is 6.08 Å². The molecule has 0 saturated heterocycles. The van der Waals surface area contributed by atoms with Crippen LogP contribution in [0.3, 0.4) is 0 Å². The van der Waals surface area contributed by atoms with Gasteiger partial charge in [0.25, 0.3) is 0 Å². The van der Waals surface area contributed by atoms with Gasteiger partial charge in [0, 0.05) is 49.9 Å². The Bertz CT molecular complexity index is 652. The molecule has 3 heterocycles. The number of carbonyl (C=O) groups is 1. The SMILES string of the molecule is C[C@H]1c2cccn2CCN1C(=O)/C=C/c1cnn(C)c1. The van der Waals surface area contributed by atoms with Crippen molar-refractivity contribution < 1.29 is 4.79 Å². The number of rotatable bonds is 2. The zero-order chi connectivity index (χ0) is 14.1. The van der Waals surface area contributed by atoms with Gasteiger partial charge in [-0.05, 0) is 25.1 Å². The normalized spacial score (nSPS) is 18.5. The largest absolute Gasteiger partial charge is 0.348 e. The minimum Gasteiger partial charge on any atom is -0.348 e. The van der Waals surface area contributed by atoms with E-state index in [4.69, 9.17) is 0 Å². The van der Waals surface area contributed by atoms with E-state index in [0.29, 0.717) is 0 Å². The maximum Gasteiger partial charge on any atom is 0.247 e. The van der Waals surface area contributed by atoms with Crippen LogP contribution in [0.4, 0.5) is 0 Å². The highest BCUT2D eigenvalue weighted by atomic mass is 16.2. The Labute approximate surface area is 118 Å². The highest BCUT2D eigenvalue weighted by Crippen LogP contribution is 2.25. The summed E-state index contributed by atoms with van der Waals surface area (Å²) in [6.07, 6.45) is 9.14. The van der Waals surface area contributed by atoms with Gasteiger partial charge in [0.05, 0.1) is 12.2 Å². The summed E-state index contributed by atoms with van der Waals surface area (Å²) in [7, 11) is 1.86. The van der Waals surface area contributed by atoms with Gasteiger partial charge in [-0.2, -0.15) is 5.10 Å². The van der Waals surface area contributed by atoms with Gasteiger partial charge in [-0.25, -0.2) is 0 Å². The second-order valence-electron chi connectivity index (χ2n) is 5.11. The van der Waals surface area contributed by atoms with Crippen LogP contribution < -0.4 is 0 Å². The lowest BCUT2D eigenvalue weighted by atomic mass is 10.1. The maximum absolute atomic E-state index is 12.3. The number of fused-ring (bicyclic) bond motifs is 1. The molecular weight excluding hydrogens is 252 g/mol. The molecule has 0 fully saturated rings. The Morgan fingerprint density at radius 3 is 3.05 bits per heavy atom. The molecule has 0 saturated carbocycles. The van der Waals surface area contributed by atoms with Crippen molar-refractivity contribution in [3.8, 4) is 0 Å². The number of aromatic nitrogens is 3. The third kappa shape index (κ3) is 2.27. The minimum atomic E-state index is 0.0498. The van der Waals surface area contributed by atoms with Gasteiger partial charge in [-0.1, -0.05) is 0 Å². The number of hydrogen-bond donors (Lipinski definition) is 0. The Morgan fingerprint density at radius 2 is 2.30 bits per heavy atom. The van der Waals surface area contributed by atoms with Crippen LogP contribution in [0.1, 0.15) is 24.2 Å². The Kier molecular flexibility index (Phi) is 3.18. The lowest BCUT2D eigenvalue weighted by Crippen LogP contribution is -2.39. The Hall–Kier alpha value is -2.30. The van der Waals surface area contributed by atoms with Crippen LogP contribution in [-0.4, -0.2) is 31.7 Å². The summed E-state index contributed by atoms with van der Waals surface area (Å²) in [6, 6.07) is 4.23. The zero-order valence-corrected chi connectivity index (χ0v) is 11.7. The van der Waals surface area contributed by atoms with Crippen molar-refractivity contribution in [2.24, 2.45) is 7.05 Å². The smallest absolute Gasteiger partial charge is 0.247 e. The fourth-order valence-corrected chi connectivity index (χ4v) is 2.67. The van der Waals surface area contributed by atoms with E-state index in [0.717, 1.165) is 18.7 Å². The van der Waals surface area contributed by atoms with E-state index in [-0.39, 0.29) is 11.9 Å². The van der Waals surface area contributed by atoms with Crippen LogP contribution in [0.5, 0.6) is 0 Å². The number of hydrogen-bond acceptors (Lipinski definition) is 2. The van der Waals surface area contributed by atoms with Crippen LogP contribution >= 0.6 is 0 Å². The molecule has 20 heavy (non-hydrogen) atoms. The second-order valence-corrected chi connectivity index (χ2v) is 5.11. The van der Waals surface area contributed by atoms with Crippen molar-refractivity contribution in [3.63, 3.8) is 0 Å². The first-order valence-corrected chi connectivity index (χ1v) is 6.77. The molecule has 0 radical (unpaired) electrons. The van der Waals surface area contributed by atoms with Gasteiger partial charge in [-0.3, -0.25) is 9.48 Å². The molecule has 0 aromatic carbocycles. The van der Waals surface area contributed by atoms with Gasteiger partial charge in [0.1, 0.15) is 0 Å². The lowest BCUT2D eigenvalue weighted by Gasteiger charge is -2.34. The summed E-state index contributed by atoms with van der Waals surface area (Å²) in [5.41, 5.74) is 2.13. The van der Waals surface area contributed by atoms with E-state index in [2.05, 4.69) is 28.9 Å². The Morgan fingerprint density at radius 1 is 1.45 bits per heavy atom. The first kappa shape index (κ1) is 12.7. The average Bonchev–Trinajstić information content (AvgIpc) is 3.05. The molecule has 1 aliphatic rings. The molecule has 3 rings (SSSR count). The number of nitrogens with zero attached hydrogens (tertiary/aromatic N) is 4. The topological polar surface area (TPSA) is 43.1 Å². The summed E-state index contributed by atoms with van der Waals surface area (Å²) in [6.45, 7) is 3.68. The van der Waals surface area contributed by atoms with E-state index >= 15 is 0 Å². The van der Waals surface area contributed by atoms with Crippen molar-refractivity contribution in [1.29, 1.82) is 0 Å². The van der Waals surface area contributed by atoms with Gasteiger partial charge in [0.15, 0.2) is 0 Å². The predicted molar refractivity (Wildman–Crippen MR) is 76.8 cm³/mol. The maximum atomic E-state index is 12.3. The first-order chi connectivity index (χ1) is 9.65. The predicted octanol–water partition coefficient (Wildman–Crippen LogP) is 1.84. The molecular formula is C15H18N4O. The minimum absolute atomic E-state index is 0.0498. The molecule has 5 nitrogen and oxygen atoms in total. The first-order valence-electron chi connectivity index (χ1n) is 6.77. The third-order valence-electron chi connectivity index (χ3n) is 3.77. The third-order valence-corrected chi connectivity index (χ3v) is 3.77. The van der Waals surface area contributed by atoms with Crippen molar-refractivity contribution in [2.75, 3.05) is 6.54 Å². The monoisotopic (exact) mass is 270 g/mol. The van der Waals surface area contributed by atoms with Gasteiger partial charge in [-0.15, -0.1) is 0 Å². The van der Waals surface area contributed by atoms with E-state index in [1.165, 1.54) is 5.69 Å². The Balaban J connectivity index is 1.74. The number of aryl methyl sites for hydroxylation is 1. The summed E-state index contributed by atoms with van der Waals surface area (Å²) in [5.74, 6) is 0.0498. The van der Waals surface area contributed by atoms with Gasteiger partial charge < -0.3 is 9.47 Å². The molecule has 0 N–H and O–H groups in total. The highest BCUT2D eigenvalue weighted by Gasteiger charge is 2.25. The van der Waals surface area contributed by atoms with Gasteiger partial charge in [0.2, 0.25) is 5.91 Å². The van der Waals surface area contributed by atoms with Gasteiger partial charge >= 0.3 is 0 Å². The summed E-state index contributed by atoms with van der Waals surface area (Å²) >= 11 is 0. The average molecular weight is 270 g/mol. The van der Waals surface area contributed by atoms with Crippen LogP contribution in [0, 0.1) is 0 Å². The molecule has 5 heteroatoms. The number of carbonyl (C=O) groups excluding carboxylic acids is 1. The molecule has 2 aromatic rings. The van der Waals surface area contributed by atoms with E-state index in [9.17, 15) is 4.79 Å². The highest BCUT2D eigenvalue weighted by molar-refractivity contribution is 5.92. The standard InChI is InChI=1S/C15H18N4O/c1-12-14-4-3-7-18(14)8-9-19(12)15(20)6-5-13-10-16-17(2)11-13/h3-7,10-12H,8-9H2,1-2H3/b6-5+/t12-/m0/s1. The molecule has 0 aliphatic carbocycles. The zero-order valence-electron chi connectivity index (χ0n) is 11.7. The molecule has 104 valence electrons. The molecule has 2 aromatic heterocycles. The quantitative estimate of drug-likeness (QED) is 0.781. The fraction of sp³-hybridized carbons (Fsp3) is 0.333. The van der Waals surface area contributed by atoms with Crippen LogP contribution in [0.15, 0.2) is 36.8 Å². The van der Waals surface area contributed by atoms with Crippen molar-refractivity contribution in [1.82, 2.24) is 19.2 Å². The molecule has 0 spiro atoms. The molecule has 1 aliphatic heterocycles. The van der Waals surface area contributed by atoms with Crippen LogP contribution in [-0.2, 0) is 18.4 Å². The second kappa shape index (κ2) is 5.00. The fourth-order valence-electron chi connectivity index (χ4n) is 2.67. The van der Waals surface area contributed by atoms with Crippen molar-refractivity contribution in [2.45, 2.75) is 19.5 Å². The summed E-state index contributed by atoms with van der Waals surface area (Å²) in [4.78, 5) is 14.2. The van der Waals surface area contributed by atoms with E-state index in [1.807, 2.05) is 30.3 Å². The molecule has 1 atom stereocenters. The van der Waals surface area contributed by atoms with E-state index in [1.54, 1.807) is 17.0 Å². The van der Waals surface area contributed by atoms with Crippen molar-refractivity contribution >= 4 is 12.0 Å². The number of amides is 1. The lowest BCUT2D eigenvalue weighted by molar-refractivity contribution is -0.129. The molecule has 0 bridgehead atoms. The molecule has 1 amide bonds. The van der Waals surface area contributed by atoms with Crippen LogP contribution in [0.2, 0.25) is 0 Å². The summed E-state index contributed by atoms with van der Waals surface area (Å²) in [5, 5.41) is 4.08.